The van der Waals surface area contributed by atoms with Gasteiger partial charge in [0, 0.05) is 6.04 Å². The number of nitriles is 1. The molecule has 108 valence electrons. The van der Waals surface area contributed by atoms with Crippen LogP contribution >= 0.6 is 11.3 Å². The Kier molecular flexibility index (Phi) is 3.91. The number of carbonyl (C=O) groups is 1. The number of thiophene rings is 1. The second-order valence-electron chi connectivity index (χ2n) is 6.11. The first-order valence-corrected chi connectivity index (χ1v) is 7.54. The van der Waals surface area contributed by atoms with Gasteiger partial charge in [-0.25, -0.2) is 0 Å². The number of nitrogen functional groups attached to an aromatic ring is 1. The third kappa shape index (κ3) is 2.88. The van der Waals surface area contributed by atoms with E-state index in [-0.39, 0.29) is 11.3 Å². The van der Waals surface area contributed by atoms with Gasteiger partial charge in [0.05, 0.1) is 11.3 Å². The number of anilines is 2. The lowest BCUT2D eigenvalue weighted by atomic mass is 9.75. The molecular formula is C14H20N4OS. The number of primary amides is 1. The second-order valence-corrected chi connectivity index (χ2v) is 7.13. The molecule has 0 aliphatic heterocycles. The zero-order valence-corrected chi connectivity index (χ0v) is 12.6. The third-order valence-corrected chi connectivity index (χ3v) is 5.01. The molecule has 20 heavy (non-hydrogen) atoms. The SMILES string of the molecule is CC1(C)CCC(Nc2sc(C#N)c(N)c2C(N)=O)CC1. The van der Waals surface area contributed by atoms with E-state index in [1.807, 2.05) is 6.07 Å². The average Bonchev–Trinajstić information content (AvgIpc) is 2.68. The highest BCUT2D eigenvalue weighted by Gasteiger charge is 2.28. The molecule has 1 fully saturated rings. The summed E-state index contributed by atoms with van der Waals surface area (Å²) in [6.07, 6.45) is 4.38. The van der Waals surface area contributed by atoms with Gasteiger partial charge in [0.1, 0.15) is 15.9 Å². The Morgan fingerprint density at radius 1 is 1.45 bits per heavy atom. The van der Waals surface area contributed by atoms with Crippen LogP contribution in [0.3, 0.4) is 0 Å². The minimum absolute atomic E-state index is 0.198. The summed E-state index contributed by atoms with van der Waals surface area (Å²) < 4.78 is 0. The van der Waals surface area contributed by atoms with Crippen molar-refractivity contribution in [1.82, 2.24) is 0 Å². The third-order valence-electron chi connectivity index (χ3n) is 3.97. The van der Waals surface area contributed by atoms with Crippen LogP contribution in [-0.4, -0.2) is 11.9 Å². The molecule has 1 heterocycles. The van der Waals surface area contributed by atoms with Gasteiger partial charge < -0.3 is 16.8 Å². The first kappa shape index (κ1) is 14.7. The van der Waals surface area contributed by atoms with Crippen molar-refractivity contribution >= 4 is 27.9 Å². The Morgan fingerprint density at radius 3 is 2.55 bits per heavy atom. The van der Waals surface area contributed by atoms with E-state index >= 15 is 0 Å². The molecule has 0 aromatic carbocycles. The molecule has 0 bridgehead atoms. The Balaban J connectivity index is 2.18. The number of nitrogens with one attached hydrogen (secondary N) is 1. The number of nitrogens with two attached hydrogens (primary N) is 2. The molecular weight excluding hydrogens is 272 g/mol. The summed E-state index contributed by atoms with van der Waals surface area (Å²) in [5, 5.41) is 13.0. The maximum Gasteiger partial charge on any atom is 0.253 e. The van der Waals surface area contributed by atoms with Crippen molar-refractivity contribution in [2.45, 2.75) is 45.6 Å². The molecule has 0 spiro atoms. The van der Waals surface area contributed by atoms with Crippen molar-refractivity contribution in [1.29, 1.82) is 5.26 Å². The summed E-state index contributed by atoms with van der Waals surface area (Å²) in [4.78, 5) is 11.9. The fourth-order valence-corrected chi connectivity index (χ4v) is 3.60. The van der Waals surface area contributed by atoms with Crippen molar-refractivity contribution in [2.24, 2.45) is 11.1 Å². The van der Waals surface area contributed by atoms with Crippen molar-refractivity contribution in [3.8, 4) is 6.07 Å². The summed E-state index contributed by atoms with van der Waals surface area (Å²) in [5.74, 6) is -0.584. The number of amides is 1. The van der Waals surface area contributed by atoms with Crippen LogP contribution in [0.15, 0.2) is 0 Å². The highest BCUT2D eigenvalue weighted by Crippen LogP contribution is 2.39. The first-order chi connectivity index (χ1) is 9.34. The van der Waals surface area contributed by atoms with Crippen LogP contribution in [0.5, 0.6) is 0 Å². The Hall–Kier alpha value is -1.74. The van der Waals surface area contributed by atoms with E-state index in [9.17, 15) is 4.79 Å². The molecule has 5 N–H and O–H groups in total. The smallest absolute Gasteiger partial charge is 0.253 e. The Labute approximate surface area is 122 Å². The van der Waals surface area contributed by atoms with Crippen LogP contribution in [0.2, 0.25) is 0 Å². The lowest BCUT2D eigenvalue weighted by Gasteiger charge is -2.34. The van der Waals surface area contributed by atoms with Crippen molar-refractivity contribution in [3.63, 3.8) is 0 Å². The summed E-state index contributed by atoms with van der Waals surface area (Å²) >= 11 is 1.21. The van der Waals surface area contributed by atoms with Crippen LogP contribution in [0.25, 0.3) is 0 Å². The normalized spacial score (nSPS) is 18.4. The zero-order valence-electron chi connectivity index (χ0n) is 11.8. The summed E-state index contributed by atoms with van der Waals surface area (Å²) in [5.41, 5.74) is 12.0. The minimum Gasteiger partial charge on any atom is -0.396 e. The molecule has 0 atom stereocenters. The van der Waals surface area contributed by atoms with Gasteiger partial charge in [0.15, 0.2) is 0 Å². The molecule has 6 heteroatoms. The molecule has 0 unspecified atom stereocenters. The van der Waals surface area contributed by atoms with E-state index < -0.39 is 5.91 Å². The maximum atomic E-state index is 11.5. The van der Waals surface area contributed by atoms with Gasteiger partial charge in [-0.2, -0.15) is 5.26 Å². The molecule has 1 aromatic heterocycles. The average molecular weight is 292 g/mol. The quantitative estimate of drug-likeness (QED) is 0.796. The first-order valence-electron chi connectivity index (χ1n) is 6.73. The van der Waals surface area contributed by atoms with E-state index in [1.54, 1.807) is 0 Å². The van der Waals surface area contributed by atoms with Gasteiger partial charge >= 0.3 is 0 Å². The second kappa shape index (κ2) is 5.33. The molecule has 1 aliphatic rings. The van der Waals surface area contributed by atoms with Crippen LogP contribution < -0.4 is 16.8 Å². The van der Waals surface area contributed by atoms with Crippen LogP contribution in [-0.2, 0) is 0 Å². The van der Waals surface area contributed by atoms with Gasteiger partial charge in [-0.05, 0) is 31.1 Å². The van der Waals surface area contributed by atoms with Gasteiger partial charge in [-0.1, -0.05) is 13.8 Å². The predicted octanol–water partition coefficient (Wildman–Crippen LogP) is 2.68. The van der Waals surface area contributed by atoms with E-state index in [0.717, 1.165) is 25.7 Å². The molecule has 0 saturated heterocycles. The van der Waals surface area contributed by atoms with E-state index in [2.05, 4.69) is 19.2 Å². The number of carbonyl (C=O) groups excluding carboxylic acids is 1. The minimum atomic E-state index is -0.584. The van der Waals surface area contributed by atoms with Crippen molar-refractivity contribution in [3.05, 3.63) is 10.4 Å². The molecule has 5 nitrogen and oxygen atoms in total. The van der Waals surface area contributed by atoms with E-state index in [1.165, 1.54) is 11.3 Å². The molecule has 1 aromatic rings. The lowest BCUT2D eigenvalue weighted by molar-refractivity contribution is 0.100. The van der Waals surface area contributed by atoms with E-state index in [4.69, 9.17) is 16.7 Å². The molecule has 1 aliphatic carbocycles. The standard InChI is InChI=1S/C14H20N4OS/c1-14(2)5-3-8(4-6-14)18-13-10(12(17)19)11(16)9(7-15)20-13/h8,18H,3-6,16H2,1-2H3,(H2,17,19). The monoisotopic (exact) mass is 292 g/mol. The van der Waals surface area contributed by atoms with Crippen molar-refractivity contribution < 1.29 is 4.79 Å². The summed E-state index contributed by atoms with van der Waals surface area (Å²) in [6.45, 7) is 4.55. The van der Waals surface area contributed by atoms with Crippen LogP contribution in [0.1, 0.15) is 54.8 Å². The number of hydrogen-bond acceptors (Lipinski definition) is 5. The van der Waals surface area contributed by atoms with Gasteiger partial charge in [-0.15, -0.1) is 11.3 Å². The Bertz CT molecular complexity index is 560. The fraction of sp³-hybridized carbons (Fsp3) is 0.571. The highest BCUT2D eigenvalue weighted by molar-refractivity contribution is 7.17. The van der Waals surface area contributed by atoms with E-state index in [0.29, 0.717) is 21.3 Å². The van der Waals surface area contributed by atoms with Crippen LogP contribution in [0, 0.1) is 16.7 Å². The largest absolute Gasteiger partial charge is 0.396 e. The summed E-state index contributed by atoms with van der Waals surface area (Å²) in [6, 6.07) is 2.32. The topological polar surface area (TPSA) is 105 Å². The van der Waals surface area contributed by atoms with Gasteiger partial charge in [0.25, 0.3) is 5.91 Å². The maximum absolute atomic E-state index is 11.5. The number of nitrogens with zero attached hydrogens (tertiary/aromatic N) is 1. The molecule has 1 saturated carbocycles. The van der Waals surface area contributed by atoms with Crippen molar-refractivity contribution in [2.75, 3.05) is 11.1 Å². The molecule has 0 radical (unpaired) electrons. The lowest BCUT2D eigenvalue weighted by Crippen LogP contribution is -2.30. The number of hydrogen-bond donors (Lipinski definition) is 3. The zero-order chi connectivity index (χ0) is 14.9. The highest BCUT2D eigenvalue weighted by atomic mass is 32.1. The molecule has 2 rings (SSSR count). The van der Waals surface area contributed by atoms with Gasteiger partial charge in [-0.3, -0.25) is 4.79 Å². The van der Waals surface area contributed by atoms with Crippen LogP contribution in [0.4, 0.5) is 10.7 Å². The van der Waals surface area contributed by atoms with Gasteiger partial charge in [0.2, 0.25) is 0 Å². The summed E-state index contributed by atoms with van der Waals surface area (Å²) in [7, 11) is 0. The fourth-order valence-electron chi connectivity index (χ4n) is 2.60. The molecule has 1 amide bonds. The number of rotatable bonds is 3. The Morgan fingerprint density at radius 2 is 2.05 bits per heavy atom. The predicted molar refractivity (Wildman–Crippen MR) is 81.6 cm³/mol.